The summed E-state index contributed by atoms with van der Waals surface area (Å²) >= 11 is 0. The van der Waals surface area contributed by atoms with Crippen LogP contribution in [0.25, 0.3) is 0 Å². The highest BCUT2D eigenvalue weighted by atomic mass is 16.3. The number of nitrogens with two attached hydrogens (primary N) is 4. The van der Waals surface area contributed by atoms with Gasteiger partial charge in [0.05, 0.1) is 12.1 Å². The number of carbonyl (C=O) groups is 7. The Bertz CT molecular complexity index is 1600. The number of aliphatic hydroxyl groups excluding tert-OH is 1. The fourth-order valence-electron chi connectivity index (χ4n) is 6.05. The van der Waals surface area contributed by atoms with E-state index in [0.717, 1.165) is 0 Å². The van der Waals surface area contributed by atoms with E-state index in [1.807, 2.05) is 13.8 Å². The number of aliphatic imine (C=N–C) groups is 1. The maximum absolute atomic E-state index is 13.7. The van der Waals surface area contributed by atoms with Crippen molar-refractivity contribution in [1.29, 1.82) is 0 Å². The molecule has 0 radical (unpaired) electrons. The number of aliphatic hydroxyl groups is 1. The topological polar surface area (TPSA) is 340 Å². The van der Waals surface area contributed by atoms with Gasteiger partial charge in [0.2, 0.25) is 41.4 Å². The number of primary amides is 1. The van der Waals surface area contributed by atoms with Gasteiger partial charge in [-0.25, -0.2) is 0 Å². The molecule has 2 rings (SSSR count). The molecule has 20 heteroatoms. The maximum Gasteiger partial charge on any atom is 0.245 e. The molecule has 318 valence electrons. The molecule has 57 heavy (non-hydrogen) atoms. The average molecular weight is 804 g/mol. The van der Waals surface area contributed by atoms with Crippen molar-refractivity contribution in [3.05, 3.63) is 29.8 Å². The lowest BCUT2D eigenvalue weighted by molar-refractivity contribution is -0.141. The predicted octanol–water partition coefficient (Wildman–Crippen LogP) is -3.07. The van der Waals surface area contributed by atoms with E-state index in [1.54, 1.807) is 26.0 Å². The second-order valence-corrected chi connectivity index (χ2v) is 15.1. The average Bonchev–Trinajstić information content (AvgIpc) is 3.48. The normalized spacial score (nSPS) is 17.7. The Hall–Kier alpha value is -5.50. The van der Waals surface area contributed by atoms with Gasteiger partial charge in [-0.1, -0.05) is 39.8 Å². The first-order chi connectivity index (χ1) is 26.6. The number of guanidine groups is 1. The molecule has 0 spiro atoms. The quantitative estimate of drug-likeness (QED) is 0.0316. The first-order valence-corrected chi connectivity index (χ1v) is 19.0. The summed E-state index contributed by atoms with van der Waals surface area (Å²) in [5.41, 5.74) is 22.6. The van der Waals surface area contributed by atoms with Crippen LogP contribution in [0, 0.1) is 11.8 Å². The zero-order chi connectivity index (χ0) is 43.1. The molecule has 0 saturated carbocycles. The number of phenolic OH excluding ortho intramolecular Hbond substituents is 1. The van der Waals surface area contributed by atoms with Gasteiger partial charge in [0.15, 0.2) is 5.96 Å². The molecule has 1 saturated heterocycles. The highest BCUT2D eigenvalue weighted by molar-refractivity contribution is 5.98. The minimum atomic E-state index is -1.60. The van der Waals surface area contributed by atoms with Crippen molar-refractivity contribution < 1.29 is 43.8 Å². The number of hydrogen-bond donors (Lipinski definition) is 11. The lowest BCUT2D eigenvalue weighted by atomic mass is 10.0. The molecule has 0 aliphatic carbocycles. The maximum atomic E-state index is 13.7. The predicted molar refractivity (Wildman–Crippen MR) is 210 cm³/mol. The molecule has 20 nitrogen and oxygen atoms in total. The number of hydrogen-bond acceptors (Lipinski definition) is 11. The number of nitrogens with one attached hydrogen (secondary N) is 5. The Morgan fingerprint density at radius 2 is 1.46 bits per heavy atom. The van der Waals surface area contributed by atoms with E-state index in [0.29, 0.717) is 12.0 Å². The highest BCUT2D eigenvalue weighted by Crippen LogP contribution is 2.21. The van der Waals surface area contributed by atoms with E-state index < -0.39 is 95.7 Å². The van der Waals surface area contributed by atoms with Gasteiger partial charge in [0.25, 0.3) is 0 Å². The molecule has 0 bridgehead atoms. The van der Waals surface area contributed by atoms with Crippen molar-refractivity contribution >= 4 is 47.3 Å². The molecule has 1 heterocycles. The first kappa shape index (κ1) is 47.7. The second-order valence-electron chi connectivity index (χ2n) is 15.1. The van der Waals surface area contributed by atoms with Crippen LogP contribution in [0.15, 0.2) is 29.3 Å². The van der Waals surface area contributed by atoms with Gasteiger partial charge in [-0.2, -0.15) is 0 Å². The Balaban J connectivity index is 2.21. The van der Waals surface area contributed by atoms with Gasteiger partial charge in [0, 0.05) is 19.5 Å². The zero-order valence-electron chi connectivity index (χ0n) is 33.5. The van der Waals surface area contributed by atoms with Gasteiger partial charge in [0.1, 0.15) is 42.0 Å². The summed E-state index contributed by atoms with van der Waals surface area (Å²) in [4.78, 5) is 97.5. The fourth-order valence-corrected chi connectivity index (χ4v) is 6.05. The van der Waals surface area contributed by atoms with Crippen LogP contribution in [0.2, 0.25) is 0 Å². The van der Waals surface area contributed by atoms with Gasteiger partial charge in [-0.15, -0.1) is 0 Å². The second kappa shape index (κ2) is 22.3. The lowest BCUT2D eigenvalue weighted by Crippen LogP contribution is -2.62. The smallest absolute Gasteiger partial charge is 0.245 e. The summed E-state index contributed by atoms with van der Waals surface area (Å²) in [6, 6.07) is -2.20. The van der Waals surface area contributed by atoms with Crippen LogP contribution in [-0.4, -0.2) is 124 Å². The number of nitrogens with zero attached hydrogens (tertiary/aromatic N) is 2. The van der Waals surface area contributed by atoms with Gasteiger partial charge in [-0.3, -0.25) is 38.6 Å². The van der Waals surface area contributed by atoms with Crippen molar-refractivity contribution in [2.45, 2.75) is 122 Å². The van der Waals surface area contributed by atoms with E-state index in [9.17, 15) is 43.8 Å². The van der Waals surface area contributed by atoms with E-state index in [2.05, 4.69) is 31.6 Å². The monoisotopic (exact) mass is 803 g/mol. The molecule has 0 aromatic heterocycles. The third kappa shape index (κ3) is 15.2. The summed E-state index contributed by atoms with van der Waals surface area (Å²) in [5, 5.41) is 33.2. The molecule has 0 unspecified atom stereocenters. The van der Waals surface area contributed by atoms with E-state index in [1.165, 1.54) is 30.9 Å². The van der Waals surface area contributed by atoms with Gasteiger partial charge < -0.3 is 64.6 Å². The number of likely N-dealkylation sites (tertiary alicyclic amines) is 1. The van der Waals surface area contributed by atoms with Crippen LogP contribution in [0.4, 0.5) is 0 Å². The van der Waals surface area contributed by atoms with Crippen LogP contribution < -0.4 is 49.5 Å². The van der Waals surface area contributed by atoms with Crippen LogP contribution in [0.1, 0.15) is 72.8 Å². The number of aromatic hydroxyl groups is 1. The largest absolute Gasteiger partial charge is 0.508 e. The van der Waals surface area contributed by atoms with Crippen molar-refractivity contribution in [2.75, 3.05) is 13.1 Å². The Morgan fingerprint density at radius 1 is 0.842 bits per heavy atom. The van der Waals surface area contributed by atoms with Crippen molar-refractivity contribution in [3.8, 4) is 5.75 Å². The van der Waals surface area contributed by atoms with Gasteiger partial charge in [-0.05, 0) is 69.1 Å². The Labute approximate surface area is 332 Å². The number of rotatable bonds is 22. The summed E-state index contributed by atoms with van der Waals surface area (Å²) in [6.07, 6.45) is -0.553. The van der Waals surface area contributed by atoms with Crippen LogP contribution >= 0.6 is 0 Å². The molecule has 1 aromatic carbocycles. The molecule has 7 amide bonds. The lowest BCUT2D eigenvalue weighted by Gasteiger charge is -2.30. The molecule has 1 aromatic rings. The SMILES string of the molecule is CC(C)C[C@H](C(=O)N[C@H](C)C(N)=O)N1CC[C@@H](NC(=O)[C@H](NC(=O)[C@H](NC(=O)[C@@H](Cc2ccc(O)cc2)NC(=O)[C@H](N)CCCN=C(N)N)[C@H](C)O)C(C)C)C1=O. The van der Waals surface area contributed by atoms with E-state index in [4.69, 9.17) is 22.9 Å². The number of benzene rings is 1. The third-order valence-electron chi connectivity index (χ3n) is 9.34. The van der Waals surface area contributed by atoms with Crippen molar-refractivity contribution in [3.63, 3.8) is 0 Å². The van der Waals surface area contributed by atoms with Crippen molar-refractivity contribution in [1.82, 2.24) is 31.5 Å². The Morgan fingerprint density at radius 3 is 2.00 bits per heavy atom. The standard InChI is InChI=1S/C37H61N11O9/c1-18(2)16-27(33(54)43-20(5)30(39)51)48-15-13-25(36(48)57)44-34(55)28(19(3)4)46-35(56)29(21(6)49)47-32(53)26(17-22-9-11-23(50)12-10-22)45-31(52)24(38)8-7-14-42-37(40)41/h9-12,18-21,24-29,49-50H,7-8,13-17,38H2,1-6H3,(H2,39,51)(H,43,54)(H,44,55)(H,45,52)(H,46,56)(H,47,53)(H4,40,41,42)/t20-,21+,24-,25-,26-,27-,28-,29-/m1/s1. The molecule has 1 fully saturated rings. The molecular formula is C37H61N11O9. The molecule has 15 N–H and O–H groups in total. The molecule has 8 atom stereocenters. The molecule has 1 aliphatic heterocycles. The summed E-state index contributed by atoms with van der Waals surface area (Å²) in [7, 11) is 0. The minimum Gasteiger partial charge on any atom is -0.508 e. The molecular weight excluding hydrogens is 742 g/mol. The van der Waals surface area contributed by atoms with E-state index >= 15 is 0 Å². The van der Waals surface area contributed by atoms with Crippen LogP contribution in [-0.2, 0) is 40.0 Å². The Kier molecular flexibility index (Phi) is 18.6. The summed E-state index contributed by atoms with van der Waals surface area (Å²) in [5.74, 6) is -5.64. The minimum absolute atomic E-state index is 0.00113. The summed E-state index contributed by atoms with van der Waals surface area (Å²) < 4.78 is 0. The first-order valence-electron chi connectivity index (χ1n) is 19.0. The summed E-state index contributed by atoms with van der Waals surface area (Å²) in [6.45, 7) is 10.1. The third-order valence-corrected chi connectivity index (χ3v) is 9.34. The van der Waals surface area contributed by atoms with Crippen LogP contribution in [0.3, 0.4) is 0 Å². The number of carbonyl (C=O) groups excluding carboxylic acids is 7. The fraction of sp³-hybridized carbons (Fsp3) is 0.622. The van der Waals surface area contributed by atoms with Gasteiger partial charge >= 0.3 is 0 Å². The van der Waals surface area contributed by atoms with Crippen LogP contribution in [0.5, 0.6) is 5.75 Å². The van der Waals surface area contributed by atoms with E-state index in [-0.39, 0.29) is 56.4 Å². The number of amides is 7. The van der Waals surface area contributed by atoms with Crippen molar-refractivity contribution in [2.24, 2.45) is 39.8 Å². The highest BCUT2D eigenvalue weighted by Gasteiger charge is 2.42. The number of phenols is 1. The molecule has 1 aliphatic rings. The zero-order valence-corrected chi connectivity index (χ0v) is 33.5.